The van der Waals surface area contributed by atoms with Crippen molar-refractivity contribution >= 4 is 56.8 Å². The summed E-state index contributed by atoms with van der Waals surface area (Å²) in [5.41, 5.74) is 1.91. The monoisotopic (exact) mass is 437 g/mol. The van der Waals surface area contributed by atoms with Gasteiger partial charge in [-0.1, -0.05) is 34.7 Å². The number of nitrogens with zero attached hydrogens (tertiary/aromatic N) is 2. The minimum Gasteiger partial charge on any atom is -0.377 e. The molecule has 0 saturated heterocycles. The van der Waals surface area contributed by atoms with Crippen molar-refractivity contribution in [3.63, 3.8) is 0 Å². The zero-order valence-electron chi connectivity index (χ0n) is 13.3. The van der Waals surface area contributed by atoms with Gasteiger partial charge in [0.15, 0.2) is 0 Å². The van der Waals surface area contributed by atoms with Crippen LogP contribution in [0.25, 0.3) is 10.8 Å². The number of benzene rings is 2. The van der Waals surface area contributed by atoms with E-state index in [9.17, 15) is 14.4 Å². The summed E-state index contributed by atoms with van der Waals surface area (Å²) in [6.45, 7) is -0.120. The molecule has 0 aliphatic carbocycles. The van der Waals surface area contributed by atoms with Crippen molar-refractivity contribution in [3.05, 3.63) is 41.5 Å². The normalized spacial score (nSPS) is 13.4. The second-order valence-electron chi connectivity index (χ2n) is 5.68. The molecule has 0 radical (unpaired) electrons. The van der Waals surface area contributed by atoms with Gasteiger partial charge in [0.25, 0.3) is 11.8 Å². The zero-order valence-corrected chi connectivity index (χ0v) is 15.5. The van der Waals surface area contributed by atoms with Gasteiger partial charge >= 0.3 is 0 Å². The molecule has 1 aliphatic rings. The second-order valence-corrected chi connectivity index (χ2v) is 6.45. The smallest absolute Gasteiger partial charge is 0.262 e. The van der Waals surface area contributed by atoms with Crippen LogP contribution in [-0.2, 0) is 4.79 Å². The maximum atomic E-state index is 12.7. The Labute approximate surface area is 152 Å². The first-order valence-corrected chi connectivity index (χ1v) is 8.90. The Morgan fingerprint density at radius 2 is 1.79 bits per heavy atom. The highest BCUT2D eigenvalue weighted by atomic mass is 127. The molecule has 24 heavy (non-hydrogen) atoms. The van der Waals surface area contributed by atoms with E-state index < -0.39 is 0 Å². The minimum atomic E-state index is -0.386. The van der Waals surface area contributed by atoms with E-state index in [4.69, 9.17) is 0 Å². The topological polar surface area (TPSA) is 69.7 Å². The van der Waals surface area contributed by atoms with Crippen LogP contribution in [0.5, 0.6) is 0 Å². The summed E-state index contributed by atoms with van der Waals surface area (Å²) in [6, 6.07) is 9.04. The number of anilines is 1. The van der Waals surface area contributed by atoms with Crippen LogP contribution in [0.3, 0.4) is 0 Å². The predicted octanol–water partition coefficient (Wildman–Crippen LogP) is 2.01. The average Bonchev–Trinajstić information content (AvgIpc) is 2.58. The van der Waals surface area contributed by atoms with E-state index in [1.54, 1.807) is 12.1 Å². The van der Waals surface area contributed by atoms with Gasteiger partial charge in [-0.05, 0) is 18.2 Å². The molecule has 124 valence electrons. The van der Waals surface area contributed by atoms with E-state index in [2.05, 4.69) is 5.32 Å². The Balaban J connectivity index is 2.11. The van der Waals surface area contributed by atoms with Gasteiger partial charge in [-0.25, -0.2) is 0 Å². The molecule has 0 aromatic heterocycles. The van der Waals surface area contributed by atoms with Crippen LogP contribution in [0.1, 0.15) is 20.7 Å². The van der Waals surface area contributed by atoms with E-state index >= 15 is 0 Å². The molecule has 1 heterocycles. The first kappa shape index (κ1) is 16.7. The number of rotatable bonds is 4. The molecule has 0 bridgehead atoms. The number of hydrogen-bond donors (Lipinski definition) is 1. The third-order valence-corrected chi connectivity index (χ3v) is 4.70. The molecule has 0 fully saturated rings. The highest BCUT2D eigenvalue weighted by Gasteiger charge is 2.33. The molecule has 0 spiro atoms. The third kappa shape index (κ3) is 2.62. The highest BCUT2D eigenvalue weighted by Crippen LogP contribution is 2.35. The number of halogens is 1. The molecule has 1 N–H and O–H groups in total. The largest absolute Gasteiger partial charge is 0.377 e. The number of amides is 3. The van der Waals surface area contributed by atoms with E-state index in [-0.39, 0.29) is 28.8 Å². The van der Waals surface area contributed by atoms with Gasteiger partial charge in [-0.15, -0.1) is 0 Å². The lowest BCUT2D eigenvalue weighted by atomic mass is 9.93. The van der Waals surface area contributed by atoms with Crippen LogP contribution in [0.15, 0.2) is 30.3 Å². The molecule has 0 atom stereocenters. The molecule has 1 aliphatic heterocycles. The van der Waals surface area contributed by atoms with Crippen molar-refractivity contribution in [1.29, 1.82) is 0 Å². The van der Waals surface area contributed by atoms with Crippen molar-refractivity contribution in [3.8, 4) is 0 Å². The number of nitrogens with one attached hydrogen (secondary N) is 1. The van der Waals surface area contributed by atoms with Crippen molar-refractivity contribution in [2.75, 3.05) is 30.1 Å². The Morgan fingerprint density at radius 1 is 1.12 bits per heavy atom. The minimum absolute atomic E-state index is 0.120. The Hall–Kier alpha value is -2.16. The summed E-state index contributed by atoms with van der Waals surface area (Å²) >= 11 is 1.93. The van der Waals surface area contributed by atoms with Crippen LogP contribution in [0.4, 0.5) is 5.69 Å². The Kier molecular flexibility index (Phi) is 4.44. The highest BCUT2D eigenvalue weighted by molar-refractivity contribution is 14.1. The van der Waals surface area contributed by atoms with E-state index in [1.165, 1.54) is 0 Å². The lowest BCUT2D eigenvalue weighted by Gasteiger charge is -2.28. The molecule has 7 heteroatoms. The van der Waals surface area contributed by atoms with Crippen molar-refractivity contribution in [1.82, 2.24) is 10.2 Å². The van der Waals surface area contributed by atoms with Crippen LogP contribution >= 0.6 is 22.6 Å². The lowest BCUT2D eigenvalue weighted by Crippen LogP contribution is -2.47. The third-order valence-electron chi connectivity index (χ3n) is 4.01. The van der Waals surface area contributed by atoms with Gasteiger partial charge in [-0.3, -0.25) is 19.3 Å². The van der Waals surface area contributed by atoms with Gasteiger partial charge < -0.3 is 10.2 Å². The summed E-state index contributed by atoms with van der Waals surface area (Å²) in [7, 11) is 3.84. The molecule has 2 aromatic rings. The summed E-state index contributed by atoms with van der Waals surface area (Å²) in [6.07, 6.45) is 0. The number of carbonyl (C=O) groups excluding carboxylic acids is 3. The van der Waals surface area contributed by atoms with Gasteiger partial charge in [0, 0.05) is 41.7 Å². The predicted molar refractivity (Wildman–Crippen MR) is 101 cm³/mol. The number of hydrogen-bond acceptors (Lipinski definition) is 4. The second kappa shape index (κ2) is 6.39. The fraction of sp³-hybridized carbons (Fsp3) is 0.235. The van der Waals surface area contributed by atoms with Crippen LogP contribution in [0, 0.1) is 0 Å². The van der Waals surface area contributed by atoms with Gasteiger partial charge in [0.05, 0.1) is 4.43 Å². The molecular weight excluding hydrogens is 421 g/mol. The number of alkyl halides is 1. The quantitative estimate of drug-likeness (QED) is 0.452. The lowest BCUT2D eigenvalue weighted by molar-refractivity contribution is -0.118. The van der Waals surface area contributed by atoms with Crippen LogP contribution < -0.4 is 10.2 Å². The van der Waals surface area contributed by atoms with Gasteiger partial charge in [0.2, 0.25) is 5.91 Å². The fourth-order valence-electron chi connectivity index (χ4n) is 2.88. The fourth-order valence-corrected chi connectivity index (χ4v) is 3.15. The average molecular weight is 437 g/mol. The van der Waals surface area contributed by atoms with E-state index in [0.29, 0.717) is 16.5 Å². The first-order valence-electron chi connectivity index (χ1n) is 7.37. The summed E-state index contributed by atoms with van der Waals surface area (Å²) in [5, 5.41) is 4.13. The van der Waals surface area contributed by atoms with Crippen molar-refractivity contribution in [2.24, 2.45) is 0 Å². The summed E-state index contributed by atoms with van der Waals surface area (Å²) < 4.78 is 0.270. The van der Waals surface area contributed by atoms with Gasteiger partial charge in [0.1, 0.15) is 6.67 Å². The Morgan fingerprint density at radius 3 is 2.42 bits per heavy atom. The Bertz CT molecular complexity index is 841. The molecular formula is C17H16IN3O3. The molecule has 3 amide bonds. The zero-order chi connectivity index (χ0) is 17.4. The van der Waals surface area contributed by atoms with Crippen molar-refractivity contribution < 1.29 is 14.4 Å². The first-order chi connectivity index (χ1) is 11.5. The molecule has 2 aromatic carbocycles. The SMILES string of the molecule is CN(C)c1ccc2c3c(cccc13)C(=O)N(CNC(=O)CI)C2=O. The molecule has 3 rings (SSSR count). The van der Waals surface area contributed by atoms with E-state index in [1.807, 2.05) is 59.8 Å². The van der Waals surface area contributed by atoms with Crippen LogP contribution in [-0.4, -0.2) is 47.8 Å². The van der Waals surface area contributed by atoms with Crippen molar-refractivity contribution in [2.45, 2.75) is 0 Å². The number of carbonyl (C=O) groups is 3. The molecule has 0 unspecified atom stereocenters. The maximum Gasteiger partial charge on any atom is 0.262 e. The number of imide groups is 1. The van der Waals surface area contributed by atoms with E-state index in [0.717, 1.165) is 16.0 Å². The van der Waals surface area contributed by atoms with Crippen LogP contribution in [0.2, 0.25) is 0 Å². The summed E-state index contributed by atoms with van der Waals surface area (Å²) in [5.74, 6) is -0.992. The maximum absolute atomic E-state index is 12.7. The van der Waals surface area contributed by atoms with Gasteiger partial charge in [-0.2, -0.15) is 0 Å². The molecule has 0 saturated carbocycles. The molecule has 6 nitrogen and oxygen atoms in total. The summed E-state index contributed by atoms with van der Waals surface area (Å²) in [4.78, 5) is 39.9. The standard InChI is InChI=1S/C17H16IN3O3/c1-20(2)13-7-6-12-15-10(13)4-3-5-11(15)16(23)21(17(12)24)9-19-14(22)8-18/h3-7H,8-9H2,1-2H3,(H,19,22).